The summed E-state index contributed by atoms with van der Waals surface area (Å²) in [6.07, 6.45) is -0.821. The van der Waals surface area contributed by atoms with E-state index in [1.54, 1.807) is 0 Å². The zero-order valence-electron chi connectivity index (χ0n) is 9.78. The summed E-state index contributed by atoms with van der Waals surface area (Å²) < 4.78 is 0.445. The van der Waals surface area contributed by atoms with E-state index in [-0.39, 0.29) is 24.3 Å². The van der Waals surface area contributed by atoms with E-state index in [9.17, 15) is 19.8 Å². The van der Waals surface area contributed by atoms with Crippen LogP contribution in [0.25, 0.3) is 0 Å². The van der Waals surface area contributed by atoms with Crippen molar-refractivity contribution in [2.45, 2.75) is 18.6 Å². The van der Waals surface area contributed by atoms with Crippen LogP contribution in [-0.4, -0.2) is 50.8 Å². The standard InChI is InChI=1S/C12H12BrNO5/c13-8-2-1-6(3-10(8)16)11(17)14-5-7(15)4-9(14)12(18)19/h1-3,7,9,15-16H,4-5H2,(H,18,19)/t7-,9+/m1/s1. The van der Waals surface area contributed by atoms with Crippen LogP contribution in [0.15, 0.2) is 22.7 Å². The first-order valence-electron chi connectivity index (χ1n) is 5.60. The Morgan fingerprint density at radius 3 is 2.63 bits per heavy atom. The fourth-order valence-corrected chi connectivity index (χ4v) is 2.33. The zero-order valence-corrected chi connectivity index (χ0v) is 11.4. The fraction of sp³-hybridized carbons (Fsp3) is 0.333. The third-order valence-electron chi connectivity index (χ3n) is 3.02. The second kappa shape index (κ2) is 5.18. The third-order valence-corrected chi connectivity index (χ3v) is 3.69. The van der Waals surface area contributed by atoms with Gasteiger partial charge in [-0.05, 0) is 34.1 Å². The second-order valence-electron chi connectivity index (χ2n) is 4.37. The summed E-state index contributed by atoms with van der Waals surface area (Å²) in [7, 11) is 0. The molecule has 1 aromatic carbocycles. The van der Waals surface area contributed by atoms with Gasteiger partial charge in [-0.1, -0.05) is 0 Å². The number of aromatic hydroxyl groups is 1. The maximum atomic E-state index is 12.2. The van der Waals surface area contributed by atoms with Gasteiger partial charge >= 0.3 is 5.97 Å². The van der Waals surface area contributed by atoms with Crippen molar-refractivity contribution < 1.29 is 24.9 Å². The number of carbonyl (C=O) groups is 2. The van der Waals surface area contributed by atoms with Crippen LogP contribution >= 0.6 is 15.9 Å². The van der Waals surface area contributed by atoms with Gasteiger partial charge in [-0.3, -0.25) is 4.79 Å². The Morgan fingerprint density at radius 1 is 1.37 bits per heavy atom. The SMILES string of the molecule is O=C(O)[C@@H]1C[C@@H](O)CN1C(=O)c1ccc(Br)c(O)c1. The molecular formula is C12H12BrNO5. The molecule has 0 radical (unpaired) electrons. The number of aliphatic carboxylic acids is 1. The first kappa shape index (κ1) is 13.8. The maximum Gasteiger partial charge on any atom is 0.326 e. The highest BCUT2D eigenvalue weighted by Gasteiger charge is 2.39. The van der Waals surface area contributed by atoms with Gasteiger partial charge in [0.1, 0.15) is 11.8 Å². The molecule has 0 bridgehead atoms. The van der Waals surface area contributed by atoms with Crippen molar-refractivity contribution >= 4 is 27.8 Å². The van der Waals surface area contributed by atoms with E-state index in [1.165, 1.54) is 18.2 Å². The van der Waals surface area contributed by atoms with Gasteiger partial charge in [-0.2, -0.15) is 0 Å². The molecule has 1 aliphatic heterocycles. The molecule has 3 N–H and O–H groups in total. The number of hydrogen-bond acceptors (Lipinski definition) is 4. The number of carbonyl (C=O) groups excluding carboxylic acids is 1. The minimum Gasteiger partial charge on any atom is -0.507 e. The lowest BCUT2D eigenvalue weighted by Crippen LogP contribution is -2.40. The maximum absolute atomic E-state index is 12.2. The Labute approximate surface area is 117 Å². The number of rotatable bonds is 2. The van der Waals surface area contributed by atoms with Crippen LogP contribution in [0, 0.1) is 0 Å². The number of aliphatic hydroxyl groups excluding tert-OH is 1. The van der Waals surface area contributed by atoms with Gasteiger partial charge < -0.3 is 20.2 Å². The largest absolute Gasteiger partial charge is 0.507 e. The Bertz CT molecular complexity index is 533. The van der Waals surface area contributed by atoms with Crippen molar-refractivity contribution in [2.24, 2.45) is 0 Å². The molecule has 1 fully saturated rings. The second-order valence-corrected chi connectivity index (χ2v) is 5.22. The van der Waals surface area contributed by atoms with Crippen LogP contribution in [-0.2, 0) is 4.79 Å². The van der Waals surface area contributed by atoms with Crippen LogP contribution in [0.5, 0.6) is 5.75 Å². The number of β-amino-alcohol motifs (C(OH)–C–C–N with tert-alkyl or cyclic N) is 1. The lowest BCUT2D eigenvalue weighted by atomic mass is 10.1. The molecule has 7 heteroatoms. The Hall–Kier alpha value is -1.60. The molecule has 2 rings (SSSR count). The van der Waals surface area contributed by atoms with E-state index in [4.69, 9.17) is 5.11 Å². The van der Waals surface area contributed by atoms with Crippen LogP contribution in [0.3, 0.4) is 0 Å². The van der Waals surface area contributed by atoms with Crippen molar-refractivity contribution in [2.75, 3.05) is 6.54 Å². The molecule has 0 aromatic heterocycles. The minimum absolute atomic E-state index is 0.0174. The highest BCUT2D eigenvalue weighted by atomic mass is 79.9. The van der Waals surface area contributed by atoms with E-state index < -0.39 is 24.0 Å². The predicted molar refractivity (Wildman–Crippen MR) is 68.9 cm³/mol. The topological polar surface area (TPSA) is 98.1 Å². The summed E-state index contributed by atoms with van der Waals surface area (Å²) in [5.74, 6) is -1.77. The summed E-state index contributed by atoms with van der Waals surface area (Å²) in [6, 6.07) is 3.21. The molecule has 1 heterocycles. The van der Waals surface area contributed by atoms with Crippen LogP contribution in [0.4, 0.5) is 0 Å². The lowest BCUT2D eigenvalue weighted by Gasteiger charge is -2.21. The van der Waals surface area contributed by atoms with Gasteiger partial charge in [0.25, 0.3) is 5.91 Å². The number of carboxylic acids is 1. The molecular weight excluding hydrogens is 318 g/mol. The third kappa shape index (κ3) is 2.71. The van der Waals surface area contributed by atoms with E-state index in [2.05, 4.69) is 15.9 Å². The van der Waals surface area contributed by atoms with Gasteiger partial charge in [-0.15, -0.1) is 0 Å². The summed E-state index contributed by atoms with van der Waals surface area (Å²) in [5.41, 5.74) is 0.182. The van der Waals surface area contributed by atoms with E-state index in [1.807, 2.05) is 0 Å². The molecule has 1 aromatic rings. The summed E-state index contributed by atoms with van der Waals surface area (Å²) in [6.45, 7) is -0.0212. The molecule has 0 spiro atoms. The van der Waals surface area contributed by atoms with E-state index >= 15 is 0 Å². The Balaban J connectivity index is 2.27. The molecule has 6 nitrogen and oxygen atoms in total. The first-order chi connectivity index (χ1) is 8.90. The molecule has 0 saturated carbocycles. The molecule has 102 valence electrons. The molecule has 0 unspecified atom stereocenters. The number of aliphatic hydroxyl groups is 1. The van der Waals surface area contributed by atoms with Crippen molar-refractivity contribution in [3.8, 4) is 5.75 Å². The zero-order chi connectivity index (χ0) is 14.2. The average molecular weight is 330 g/mol. The number of carboxylic acid groups (broad SMARTS) is 1. The molecule has 0 aliphatic carbocycles. The number of nitrogens with zero attached hydrogens (tertiary/aromatic N) is 1. The number of phenols is 1. The van der Waals surface area contributed by atoms with Crippen molar-refractivity contribution in [3.05, 3.63) is 28.2 Å². The van der Waals surface area contributed by atoms with Crippen molar-refractivity contribution in [3.63, 3.8) is 0 Å². The molecule has 19 heavy (non-hydrogen) atoms. The number of benzene rings is 1. The summed E-state index contributed by atoms with van der Waals surface area (Å²) in [4.78, 5) is 24.4. The summed E-state index contributed by atoms with van der Waals surface area (Å²) in [5, 5.41) is 28.1. The summed E-state index contributed by atoms with van der Waals surface area (Å²) >= 11 is 3.10. The molecule has 1 aliphatic rings. The minimum atomic E-state index is -1.15. The number of halogens is 1. The quantitative estimate of drug-likeness (QED) is 0.746. The van der Waals surface area contributed by atoms with Crippen molar-refractivity contribution in [1.29, 1.82) is 0 Å². The van der Waals surface area contributed by atoms with Gasteiger partial charge in [0.15, 0.2) is 0 Å². The van der Waals surface area contributed by atoms with E-state index in [0.717, 1.165) is 4.90 Å². The number of hydrogen-bond donors (Lipinski definition) is 3. The Morgan fingerprint density at radius 2 is 2.05 bits per heavy atom. The lowest BCUT2D eigenvalue weighted by molar-refractivity contribution is -0.141. The highest BCUT2D eigenvalue weighted by molar-refractivity contribution is 9.10. The van der Waals surface area contributed by atoms with Gasteiger partial charge in [0.2, 0.25) is 0 Å². The predicted octanol–water partition coefficient (Wildman–Crippen LogP) is 0.815. The Kier molecular flexibility index (Phi) is 3.77. The number of likely N-dealkylation sites (tertiary alicyclic amines) is 1. The highest BCUT2D eigenvalue weighted by Crippen LogP contribution is 2.27. The first-order valence-corrected chi connectivity index (χ1v) is 6.40. The van der Waals surface area contributed by atoms with Gasteiger partial charge in [0, 0.05) is 18.5 Å². The van der Waals surface area contributed by atoms with Gasteiger partial charge in [0.05, 0.1) is 10.6 Å². The number of amides is 1. The van der Waals surface area contributed by atoms with Crippen LogP contribution < -0.4 is 0 Å². The van der Waals surface area contributed by atoms with Crippen LogP contribution in [0.1, 0.15) is 16.8 Å². The van der Waals surface area contributed by atoms with E-state index in [0.29, 0.717) is 4.47 Å². The smallest absolute Gasteiger partial charge is 0.326 e. The van der Waals surface area contributed by atoms with Crippen LogP contribution in [0.2, 0.25) is 0 Å². The number of phenolic OH excluding ortho intramolecular Hbond substituents is 1. The average Bonchev–Trinajstić information content (AvgIpc) is 2.74. The van der Waals surface area contributed by atoms with Gasteiger partial charge in [-0.25, -0.2) is 4.79 Å². The molecule has 1 amide bonds. The molecule has 1 saturated heterocycles. The fourth-order valence-electron chi connectivity index (χ4n) is 2.08. The molecule has 2 atom stereocenters. The normalized spacial score (nSPS) is 22.5. The van der Waals surface area contributed by atoms with Crippen molar-refractivity contribution in [1.82, 2.24) is 4.90 Å². The monoisotopic (exact) mass is 329 g/mol.